The predicted octanol–water partition coefficient (Wildman–Crippen LogP) is 1.56. The average molecular weight is 178 g/mol. The van der Waals surface area contributed by atoms with E-state index in [-0.39, 0.29) is 18.5 Å². The van der Waals surface area contributed by atoms with Crippen molar-refractivity contribution in [2.24, 2.45) is 5.92 Å². The Morgan fingerprint density at radius 2 is 2.54 bits per heavy atom. The highest BCUT2D eigenvalue weighted by Gasteiger charge is 2.36. The zero-order valence-electron chi connectivity index (χ0n) is 7.88. The number of ketones is 1. The normalized spacial score (nSPS) is 22.2. The van der Waals surface area contributed by atoms with Crippen LogP contribution in [0.1, 0.15) is 19.8 Å². The maximum atomic E-state index is 10.9. The lowest BCUT2D eigenvalue weighted by Gasteiger charge is -2.13. The second kappa shape index (κ2) is 4.25. The van der Waals surface area contributed by atoms with E-state index >= 15 is 0 Å². The zero-order chi connectivity index (χ0) is 9.84. The van der Waals surface area contributed by atoms with Crippen LogP contribution in [0.2, 0.25) is 0 Å². The molecule has 0 unspecified atom stereocenters. The Labute approximate surface area is 79.0 Å². The summed E-state index contributed by atoms with van der Waals surface area (Å²) in [6.45, 7) is 5.69. The first-order valence-corrected chi connectivity index (χ1v) is 4.37. The summed E-state index contributed by atoms with van der Waals surface area (Å²) in [7, 11) is 0. The molecule has 0 bridgehead atoms. The SMILES string of the molecule is C#CCO[C@H](CC(C)=O)[C@H]1CC1=C. The molecule has 0 aromatic heterocycles. The van der Waals surface area contributed by atoms with Crippen LogP contribution in [-0.2, 0) is 9.53 Å². The fraction of sp³-hybridized carbons (Fsp3) is 0.545. The van der Waals surface area contributed by atoms with Crippen LogP contribution in [0.5, 0.6) is 0 Å². The van der Waals surface area contributed by atoms with Gasteiger partial charge in [-0.15, -0.1) is 6.42 Å². The summed E-state index contributed by atoms with van der Waals surface area (Å²) in [5.41, 5.74) is 1.17. The summed E-state index contributed by atoms with van der Waals surface area (Å²) in [5.74, 6) is 2.90. The van der Waals surface area contributed by atoms with E-state index < -0.39 is 0 Å². The Hall–Kier alpha value is -1.07. The summed E-state index contributed by atoms with van der Waals surface area (Å²) in [6, 6.07) is 0. The number of Topliss-reactive ketones (excluding diaryl/α,β-unsaturated/α-hetero) is 1. The molecule has 1 rings (SSSR count). The van der Waals surface area contributed by atoms with Gasteiger partial charge in [-0.1, -0.05) is 18.1 Å². The van der Waals surface area contributed by atoms with Crippen molar-refractivity contribution in [1.29, 1.82) is 0 Å². The van der Waals surface area contributed by atoms with Gasteiger partial charge in [0.05, 0.1) is 6.10 Å². The first-order chi connectivity index (χ1) is 6.15. The van der Waals surface area contributed by atoms with Gasteiger partial charge in [0.15, 0.2) is 0 Å². The predicted molar refractivity (Wildman–Crippen MR) is 51.1 cm³/mol. The van der Waals surface area contributed by atoms with E-state index in [0.29, 0.717) is 12.3 Å². The fourth-order valence-electron chi connectivity index (χ4n) is 1.37. The molecular weight excluding hydrogens is 164 g/mol. The Kier molecular flexibility index (Phi) is 3.27. The summed E-state index contributed by atoms with van der Waals surface area (Å²) >= 11 is 0. The molecule has 1 saturated carbocycles. The number of terminal acetylenes is 1. The lowest BCUT2D eigenvalue weighted by atomic mass is 10.1. The number of carbonyl (C=O) groups is 1. The molecule has 70 valence electrons. The summed E-state index contributed by atoms with van der Waals surface area (Å²) in [6.07, 6.45) is 6.46. The Morgan fingerprint density at radius 3 is 2.92 bits per heavy atom. The molecule has 2 nitrogen and oxygen atoms in total. The molecule has 0 saturated heterocycles. The van der Waals surface area contributed by atoms with Gasteiger partial charge >= 0.3 is 0 Å². The van der Waals surface area contributed by atoms with E-state index in [1.54, 1.807) is 6.92 Å². The van der Waals surface area contributed by atoms with Crippen molar-refractivity contribution < 1.29 is 9.53 Å². The van der Waals surface area contributed by atoms with Crippen molar-refractivity contribution in [2.45, 2.75) is 25.9 Å². The van der Waals surface area contributed by atoms with Crippen molar-refractivity contribution in [3.8, 4) is 12.3 Å². The average Bonchev–Trinajstić information content (AvgIpc) is 2.75. The van der Waals surface area contributed by atoms with Crippen LogP contribution in [0.4, 0.5) is 0 Å². The molecule has 1 aliphatic carbocycles. The maximum Gasteiger partial charge on any atom is 0.132 e. The molecule has 13 heavy (non-hydrogen) atoms. The third-order valence-corrected chi connectivity index (χ3v) is 2.16. The summed E-state index contributed by atoms with van der Waals surface area (Å²) in [5, 5.41) is 0. The molecule has 0 amide bonds. The van der Waals surface area contributed by atoms with Crippen LogP contribution in [0.25, 0.3) is 0 Å². The Morgan fingerprint density at radius 1 is 1.92 bits per heavy atom. The number of hydrogen-bond acceptors (Lipinski definition) is 2. The minimum atomic E-state index is -0.0407. The number of rotatable bonds is 5. The molecule has 0 aromatic rings. The lowest BCUT2D eigenvalue weighted by Crippen LogP contribution is -2.19. The highest BCUT2D eigenvalue weighted by Crippen LogP contribution is 2.41. The van der Waals surface area contributed by atoms with E-state index in [4.69, 9.17) is 11.2 Å². The van der Waals surface area contributed by atoms with Gasteiger partial charge in [-0.2, -0.15) is 0 Å². The summed E-state index contributed by atoms with van der Waals surface area (Å²) in [4.78, 5) is 10.9. The third kappa shape index (κ3) is 3.04. The van der Waals surface area contributed by atoms with Crippen LogP contribution in [0, 0.1) is 18.3 Å². The molecule has 1 aliphatic rings. The van der Waals surface area contributed by atoms with Gasteiger partial charge in [0.25, 0.3) is 0 Å². The van der Waals surface area contributed by atoms with E-state index in [0.717, 1.165) is 6.42 Å². The molecule has 0 radical (unpaired) electrons. The smallest absolute Gasteiger partial charge is 0.132 e. The first kappa shape index (κ1) is 10.0. The van der Waals surface area contributed by atoms with Gasteiger partial charge in [-0.25, -0.2) is 0 Å². The van der Waals surface area contributed by atoms with E-state index in [1.165, 1.54) is 5.57 Å². The quantitative estimate of drug-likeness (QED) is 0.471. The van der Waals surface area contributed by atoms with Gasteiger partial charge in [-0.05, 0) is 13.3 Å². The van der Waals surface area contributed by atoms with Crippen molar-refractivity contribution in [2.75, 3.05) is 6.61 Å². The highest BCUT2D eigenvalue weighted by atomic mass is 16.5. The minimum absolute atomic E-state index is 0.0407. The number of carbonyl (C=O) groups excluding carboxylic acids is 1. The number of hydrogen-bond donors (Lipinski definition) is 0. The maximum absolute atomic E-state index is 10.9. The van der Waals surface area contributed by atoms with E-state index in [2.05, 4.69) is 12.5 Å². The molecular formula is C11H14O2. The Bertz CT molecular complexity index is 260. The zero-order valence-corrected chi connectivity index (χ0v) is 7.88. The van der Waals surface area contributed by atoms with Gasteiger partial charge in [0, 0.05) is 12.3 Å². The van der Waals surface area contributed by atoms with Gasteiger partial charge in [-0.3, -0.25) is 4.79 Å². The molecule has 0 spiro atoms. The molecule has 1 fully saturated rings. The van der Waals surface area contributed by atoms with Crippen LogP contribution in [0.15, 0.2) is 12.2 Å². The van der Waals surface area contributed by atoms with Crippen molar-refractivity contribution in [1.82, 2.24) is 0 Å². The first-order valence-electron chi connectivity index (χ1n) is 4.37. The highest BCUT2D eigenvalue weighted by molar-refractivity contribution is 5.76. The monoisotopic (exact) mass is 178 g/mol. The van der Waals surface area contributed by atoms with Gasteiger partial charge in [0.2, 0.25) is 0 Å². The van der Waals surface area contributed by atoms with E-state index in [9.17, 15) is 4.79 Å². The van der Waals surface area contributed by atoms with Gasteiger partial charge < -0.3 is 4.74 Å². The molecule has 0 aliphatic heterocycles. The summed E-state index contributed by atoms with van der Waals surface area (Å²) < 4.78 is 5.38. The Balaban J connectivity index is 2.40. The molecule has 0 heterocycles. The van der Waals surface area contributed by atoms with Crippen molar-refractivity contribution in [3.63, 3.8) is 0 Å². The molecule has 0 N–H and O–H groups in total. The third-order valence-electron chi connectivity index (χ3n) is 2.16. The van der Waals surface area contributed by atoms with E-state index in [1.807, 2.05) is 0 Å². The van der Waals surface area contributed by atoms with Crippen LogP contribution >= 0.6 is 0 Å². The van der Waals surface area contributed by atoms with Crippen molar-refractivity contribution >= 4 is 5.78 Å². The van der Waals surface area contributed by atoms with Crippen LogP contribution in [0.3, 0.4) is 0 Å². The topological polar surface area (TPSA) is 26.3 Å². The fourth-order valence-corrected chi connectivity index (χ4v) is 1.37. The van der Waals surface area contributed by atoms with Crippen LogP contribution in [-0.4, -0.2) is 18.5 Å². The van der Waals surface area contributed by atoms with Crippen LogP contribution < -0.4 is 0 Å². The molecule has 2 heteroatoms. The molecule has 0 aromatic carbocycles. The van der Waals surface area contributed by atoms with Crippen molar-refractivity contribution in [3.05, 3.63) is 12.2 Å². The second-order valence-corrected chi connectivity index (χ2v) is 3.43. The lowest BCUT2D eigenvalue weighted by molar-refractivity contribution is -0.119. The standard InChI is InChI=1S/C11H14O2/c1-4-5-13-11(7-9(3)12)10-6-8(10)2/h1,10-11H,2,5-7H2,3H3/t10-,11+/m0/s1. The van der Waals surface area contributed by atoms with Gasteiger partial charge in [0.1, 0.15) is 12.4 Å². The minimum Gasteiger partial charge on any atom is -0.364 e. The molecule has 2 atom stereocenters. The largest absolute Gasteiger partial charge is 0.364 e. The second-order valence-electron chi connectivity index (χ2n) is 3.43. The number of ether oxygens (including phenoxy) is 1.